The molecule has 6 heteroatoms. The van der Waals surface area contributed by atoms with Crippen molar-refractivity contribution in [1.29, 1.82) is 0 Å². The minimum Gasteiger partial charge on any atom is -0.490 e. The van der Waals surface area contributed by atoms with Gasteiger partial charge in [-0.25, -0.2) is 0 Å². The van der Waals surface area contributed by atoms with Crippen molar-refractivity contribution < 1.29 is 9.47 Å². The van der Waals surface area contributed by atoms with Crippen LogP contribution in [-0.4, -0.2) is 6.61 Å². The van der Waals surface area contributed by atoms with Crippen molar-refractivity contribution in [2.75, 3.05) is 6.61 Å². The first kappa shape index (κ1) is 24.5. The minimum atomic E-state index is 0. The van der Waals surface area contributed by atoms with Gasteiger partial charge in [-0.3, -0.25) is 0 Å². The van der Waals surface area contributed by atoms with Crippen LogP contribution in [-0.2, 0) is 19.7 Å². The predicted octanol–water partition coefficient (Wildman–Crippen LogP) is 7.10. The highest BCUT2D eigenvalue weighted by molar-refractivity contribution is 9.10. The molecule has 3 nitrogen and oxygen atoms in total. The van der Waals surface area contributed by atoms with Crippen molar-refractivity contribution >= 4 is 39.9 Å². The molecule has 1 N–H and O–H groups in total. The SMILES string of the molecule is CCOc1cc(CNCc2ccc(C)cc2)cc(Br)c1OCc1ccccc1Cl.Cl. The number of benzene rings is 3. The maximum absolute atomic E-state index is 6.24. The summed E-state index contributed by atoms with van der Waals surface area (Å²) in [6.07, 6.45) is 0. The third-order valence-electron chi connectivity index (χ3n) is 4.48. The maximum atomic E-state index is 6.24. The molecule has 160 valence electrons. The summed E-state index contributed by atoms with van der Waals surface area (Å²) in [5.74, 6) is 1.41. The van der Waals surface area contributed by atoms with E-state index >= 15 is 0 Å². The zero-order chi connectivity index (χ0) is 20.6. The van der Waals surface area contributed by atoms with Crippen LogP contribution in [0.4, 0.5) is 0 Å². The van der Waals surface area contributed by atoms with Gasteiger partial charge in [0.25, 0.3) is 0 Å². The summed E-state index contributed by atoms with van der Waals surface area (Å²) in [5.41, 5.74) is 4.59. The van der Waals surface area contributed by atoms with Crippen molar-refractivity contribution in [3.63, 3.8) is 0 Å². The molecule has 3 rings (SSSR count). The van der Waals surface area contributed by atoms with E-state index in [-0.39, 0.29) is 12.4 Å². The number of halogens is 3. The van der Waals surface area contributed by atoms with Crippen molar-refractivity contribution in [3.05, 3.63) is 92.4 Å². The molecule has 0 unspecified atom stereocenters. The summed E-state index contributed by atoms with van der Waals surface area (Å²) in [6, 6.07) is 20.3. The lowest BCUT2D eigenvalue weighted by Gasteiger charge is -2.16. The number of nitrogens with one attached hydrogen (secondary N) is 1. The van der Waals surface area contributed by atoms with Gasteiger partial charge >= 0.3 is 0 Å². The maximum Gasteiger partial charge on any atom is 0.175 e. The van der Waals surface area contributed by atoms with Crippen molar-refractivity contribution in [1.82, 2.24) is 5.32 Å². The second-order valence-electron chi connectivity index (χ2n) is 6.81. The standard InChI is InChI=1S/C24H25BrClNO2.ClH/c1-3-28-23-13-19(15-27-14-18-10-8-17(2)9-11-18)12-21(25)24(23)29-16-20-6-4-5-7-22(20)26;/h4-13,27H,3,14-16H2,1-2H3;1H. The molecule has 0 aliphatic heterocycles. The highest BCUT2D eigenvalue weighted by Gasteiger charge is 2.13. The molecule has 0 atom stereocenters. The highest BCUT2D eigenvalue weighted by atomic mass is 79.9. The topological polar surface area (TPSA) is 30.5 Å². The number of rotatable bonds is 9. The molecule has 0 fully saturated rings. The van der Waals surface area contributed by atoms with E-state index < -0.39 is 0 Å². The van der Waals surface area contributed by atoms with Crippen molar-refractivity contribution in [3.8, 4) is 11.5 Å². The summed E-state index contributed by atoms with van der Waals surface area (Å²) in [5, 5.41) is 4.18. The van der Waals surface area contributed by atoms with Crippen LogP contribution < -0.4 is 14.8 Å². The molecule has 0 aliphatic rings. The average Bonchev–Trinajstić information content (AvgIpc) is 2.70. The monoisotopic (exact) mass is 509 g/mol. The third kappa shape index (κ3) is 6.92. The first-order valence-corrected chi connectivity index (χ1v) is 10.8. The molecular weight excluding hydrogens is 485 g/mol. The number of hydrogen-bond acceptors (Lipinski definition) is 3. The zero-order valence-corrected chi connectivity index (χ0v) is 20.2. The zero-order valence-electron chi connectivity index (χ0n) is 17.1. The van der Waals surface area contributed by atoms with Crippen molar-refractivity contribution in [2.45, 2.75) is 33.5 Å². The molecule has 0 radical (unpaired) electrons. The number of hydrogen-bond donors (Lipinski definition) is 1. The van der Waals surface area contributed by atoms with Gasteiger partial charge in [-0.1, -0.05) is 59.6 Å². The van der Waals surface area contributed by atoms with Crippen LogP contribution in [0.3, 0.4) is 0 Å². The van der Waals surface area contributed by atoms with Crippen molar-refractivity contribution in [2.24, 2.45) is 0 Å². The summed E-state index contributed by atoms with van der Waals surface area (Å²) >= 11 is 9.88. The van der Waals surface area contributed by atoms with E-state index in [9.17, 15) is 0 Å². The van der Waals surface area contributed by atoms with E-state index in [4.69, 9.17) is 21.1 Å². The van der Waals surface area contributed by atoms with Gasteiger partial charge in [0.05, 0.1) is 11.1 Å². The van der Waals surface area contributed by atoms with Gasteiger partial charge in [-0.2, -0.15) is 0 Å². The normalized spacial score (nSPS) is 10.4. The van der Waals surface area contributed by atoms with E-state index in [0.717, 1.165) is 34.4 Å². The van der Waals surface area contributed by atoms with Crippen LogP contribution in [0.25, 0.3) is 0 Å². The lowest BCUT2D eigenvalue weighted by atomic mass is 10.1. The molecule has 0 aliphatic carbocycles. The first-order valence-electron chi connectivity index (χ1n) is 9.64. The highest BCUT2D eigenvalue weighted by Crippen LogP contribution is 2.37. The molecular formula is C24H26BrCl2NO2. The fraction of sp³-hybridized carbons (Fsp3) is 0.250. The Morgan fingerprint density at radius 1 is 0.933 bits per heavy atom. The van der Waals surface area contributed by atoms with Gasteiger partial charge in [0.1, 0.15) is 6.61 Å². The Bertz CT molecular complexity index is 948. The largest absolute Gasteiger partial charge is 0.490 e. The van der Waals surface area contributed by atoms with E-state index in [1.54, 1.807) is 0 Å². The Hall–Kier alpha value is -1.72. The van der Waals surface area contributed by atoms with Crippen LogP contribution in [0.5, 0.6) is 11.5 Å². The fourth-order valence-corrected chi connectivity index (χ4v) is 3.74. The summed E-state index contributed by atoms with van der Waals surface area (Å²) < 4.78 is 12.8. The minimum absolute atomic E-state index is 0. The Labute approximate surface area is 198 Å². The molecule has 0 aromatic heterocycles. The van der Waals surface area contributed by atoms with Crippen LogP contribution in [0.1, 0.15) is 29.2 Å². The van der Waals surface area contributed by atoms with Crippen LogP contribution in [0, 0.1) is 6.92 Å². The second-order valence-corrected chi connectivity index (χ2v) is 8.07. The van der Waals surface area contributed by atoms with E-state index in [1.807, 2.05) is 37.3 Å². The molecule has 0 saturated carbocycles. The summed E-state index contributed by atoms with van der Waals surface area (Å²) in [7, 11) is 0. The fourth-order valence-electron chi connectivity index (χ4n) is 2.95. The lowest BCUT2D eigenvalue weighted by Crippen LogP contribution is -2.13. The molecule has 0 heterocycles. The summed E-state index contributed by atoms with van der Waals surface area (Å²) in [4.78, 5) is 0. The van der Waals surface area contributed by atoms with Gasteiger partial charge in [-0.15, -0.1) is 12.4 Å². The molecule has 3 aromatic rings. The molecule has 0 amide bonds. The third-order valence-corrected chi connectivity index (χ3v) is 5.44. The smallest absolute Gasteiger partial charge is 0.175 e. The number of ether oxygens (including phenoxy) is 2. The predicted molar refractivity (Wildman–Crippen MR) is 130 cm³/mol. The summed E-state index contributed by atoms with van der Waals surface area (Å²) in [6.45, 7) is 6.55. The quantitative estimate of drug-likeness (QED) is 0.333. The Balaban J connectivity index is 0.00000320. The Morgan fingerprint density at radius 3 is 2.33 bits per heavy atom. The van der Waals surface area contributed by atoms with Crippen LogP contribution in [0.2, 0.25) is 5.02 Å². The molecule has 0 spiro atoms. The van der Waals surface area contributed by atoms with E-state index in [0.29, 0.717) is 24.0 Å². The Morgan fingerprint density at radius 2 is 1.63 bits per heavy atom. The van der Waals surface area contributed by atoms with Gasteiger partial charge < -0.3 is 14.8 Å². The first-order chi connectivity index (χ1) is 14.1. The van der Waals surface area contributed by atoms with Gasteiger partial charge in [0.2, 0.25) is 0 Å². The van der Waals surface area contributed by atoms with E-state index in [2.05, 4.69) is 58.5 Å². The van der Waals surface area contributed by atoms with Gasteiger partial charge in [0.15, 0.2) is 11.5 Å². The van der Waals surface area contributed by atoms with Crippen LogP contribution >= 0.6 is 39.9 Å². The molecule has 0 saturated heterocycles. The second kappa shape index (κ2) is 12.2. The molecule has 3 aromatic carbocycles. The van der Waals surface area contributed by atoms with E-state index in [1.165, 1.54) is 11.1 Å². The average molecular weight is 511 g/mol. The Kier molecular flexibility index (Phi) is 9.99. The lowest BCUT2D eigenvalue weighted by molar-refractivity contribution is 0.267. The van der Waals surface area contributed by atoms with Crippen LogP contribution in [0.15, 0.2) is 65.1 Å². The van der Waals surface area contributed by atoms with Gasteiger partial charge in [-0.05, 0) is 59.1 Å². The molecule has 0 bridgehead atoms. The molecule has 30 heavy (non-hydrogen) atoms. The van der Waals surface area contributed by atoms with Gasteiger partial charge in [0, 0.05) is 23.7 Å². The number of aryl methyl sites for hydroxylation is 1.